The fourth-order valence-corrected chi connectivity index (χ4v) is 5.55. The second-order valence-corrected chi connectivity index (χ2v) is 9.76. The molecule has 7 nitrogen and oxygen atoms in total. The number of hydrogen-bond donors (Lipinski definition) is 0. The van der Waals surface area contributed by atoms with Crippen molar-refractivity contribution < 1.29 is 0 Å². The first-order valence-corrected chi connectivity index (χ1v) is 12.8. The van der Waals surface area contributed by atoms with E-state index in [1.54, 1.807) is 22.9 Å². The van der Waals surface area contributed by atoms with Gasteiger partial charge in [-0.3, -0.25) is 13.9 Å². The van der Waals surface area contributed by atoms with Gasteiger partial charge in [0.1, 0.15) is 10.7 Å². The lowest BCUT2D eigenvalue weighted by Crippen LogP contribution is -2.40. The summed E-state index contributed by atoms with van der Waals surface area (Å²) >= 11 is 1.49. The van der Waals surface area contributed by atoms with Crippen molar-refractivity contribution in [2.45, 2.75) is 33.0 Å². The van der Waals surface area contributed by atoms with Gasteiger partial charge in [-0.05, 0) is 41.3 Å². The molecule has 5 rings (SSSR count). The Bertz CT molecular complexity index is 1760. The first-order chi connectivity index (χ1) is 18.0. The SMILES string of the molecule is C=Cc1nccn1CCn1c(=O)c2cc(CC)sc2n(Cc2ccc(-c3ccccc3C#N)cc2)c1=O. The van der Waals surface area contributed by atoms with Crippen LogP contribution in [0.3, 0.4) is 0 Å². The number of aryl methyl sites for hydroxylation is 2. The van der Waals surface area contributed by atoms with Crippen LogP contribution >= 0.6 is 11.3 Å². The minimum Gasteiger partial charge on any atom is -0.330 e. The summed E-state index contributed by atoms with van der Waals surface area (Å²) < 4.78 is 4.89. The fraction of sp³-hybridized carbons (Fsp3) is 0.172. The zero-order valence-corrected chi connectivity index (χ0v) is 21.2. The highest BCUT2D eigenvalue weighted by Crippen LogP contribution is 2.26. The van der Waals surface area contributed by atoms with Crippen LogP contribution in [0.2, 0.25) is 0 Å². The molecular weight excluding hydrogens is 482 g/mol. The average Bonchev–Trinajstić information content (AvgIpc) is 3.58. The molecule has 0 N–H and O–H groups in total. The zero-order chi connectivity index (χ0) is 25.9. The van der Waals surface area contributed by atoms with E-state index in [1.807, 2.05) is 66.2 Å². The maximum absolute atomic E-state index is 13.6. The molecule has 0 fully saturated rings. The van der Waals surface area contributed by atoms with Crippen LogP contribution in [-0.2, 0) is 26.1 Å². The van der Waals surface area contributed by atoms with Gasteiger partial charge in [-0.25, -0.2) is 9.78 Å². The molecule has 0 saturated carbocycles. The van der Waals surface area contributed by atoms with Crippen molar-refractivity contribution in [3.05, 3.63) is 116 Å². The van der Waals surface area contributed by atoms with Crippen molar-refractivity contribution in [2.75, 3.05) is 0 Å². The molecule has 0 aliphatic carbocycles. The van der Waals surface area contributed by atoms with Crippen LogP contribution in [0.25, 0.3) is 27.4 Å². The number of rotatable bonds is 8. The van der Waals surface area contributed by atoms with E-state index in [0.717, 1.165) is 28.0 Å². The molecule has 37 heavy (non-hydrogen) atoms. The van der Waals surface area contributed by atoms with Gasteiger partial charge < -0.3 is 4.57 Å². The maximum atomic E-state index is 13.6. The quantitative estimate of drug-likeness (QED) is 0.299. The Balaban J connectivity index is 1.54. The lowest BCUT2D eigenvalue weighted by Gasteiger charge is -2.13. The highest BCUT2D eigenvalue weighted by molar-refractivity contribution is 7.18. The summed E-state index contributed by atoms with van der Waals surface area (Å²) in [4.78, 5) is 33.0. The van der Waals surface area contributed by atoms with Crippen molar-refractivity contribution in [1.82, 2.24) is 18.7 Å². The van der Waals surface area contributed by atoms with Gasteiger partial charge in [-0.15, -0.1) is 11.3 Å². The summed E-state index contributed by atoms with van der Waals surface area (Å²) in [6.07, 6.45) is 5.92. The number of nitrogens with zero attached hydrogens (tertiary/aromatic N) is 5. The number of aromatic nitrogens is 4. The molecule has 5 aromatic rings. The Morgan fingerprint density at radius 3 is 2.59 bits per heavy atom. The molecule has 8 heteroatoms. The van der Waals surface area contributed by atoms with Crippen LogP contribution in [0.5, 0.6) is 0 Å². The predicted octanol–water partition coefficient (Wildman–Crippen LogP) is 4.91. The lowest BCUT2D eigenvalue weighted by atomic mass is 9.99. The fourth-order valence-electron chi connectivity index (χ4n) is 4.47. The lowest BCUT2D eigenvalue weighted by molar-refractivity contribution is 0.525. The van der Waals surface area contributed by atoms with Gasteiger partial charge in [-0.1, -0.05) is 56.0 Å². The van der Waals surface area contributed by atoms with E-state index >= 15 is 0 Å². The van der Waals surface area contributed by atoms with Gasteiger partial charge in [0.15, 0.2) is 0 Å². The Hall–Kier alpha value is -4.48. The average molecular weight is 508 g/mol. The third-order valence-corrected chi connectivity index (χ3v) is 7.74. The second kappa shape index (κ2) is 10.2. The van der Waals surface area contributed by atoms with E-state index in [0.29, 0.717) is 34.7 Å². The van der Waals surface area contributed by atoms with Crippen molar-refractivity contribution in [1.29, 1.82) is 5.26 Å². The first kappa shape index (κ1) is 24.2. The largest absolute Gasteiger partial charge is 0.332 e. The minimum atomic E-state index is -0.332. The zero-order valence-electron chi connectivity index (χ0n) is 20.4. The molecular formula is C29H25N5O2S. The molecule has 184 valence electrons. The second-order valence-electron chi connectivity index (χ2n) is 8.65. The van der Waals surface area contributed by atoms with Crippen molar-refractivity contribution >= 4 is 27.6 Å². The predicted molar refractivity (Wildman–Crippen MR) is 148 cm³/mol. The Labute approximate surface area is 217 Å². The number of benzene rings is 2. The molecule has 3 aromatic heterocycles. The van der Waals surface area contributed by atoms with Crippen molar-refractivity contribution in [3.8, 4) is 17.2 Å². The van der Waals surface area contributed by atoms with E-state index in [4.69, 9.17) is 0 Å². The molecule has 0 radical (unpaired) electrons. The van der Waals surface area contributed by atoms with Crippen LogP contribution in [0.15, 0.2) is 83.2 Å². The molecule has 0 unspecified atom stereocenters. The molecule has 0 saturated heterocycles. The van der Waals surface area contributed by atoms with Crippen molar-refractivity contribution in [3.63, 3.8) is 0 Å². The Kier molecular flexibility index (Phi) is 6.71. The highest BCUT2D eigenvalue weighted by atomic mass is 32.1. The van der Waals surface area contributed by atoms with E-state index in [2.05, 4.69) is 17.6 Å². The van der Waals surface area contributed by atoms with E-state index in [1.165, 1.54) is 15.9 Å². The van der Waals surface area contributed by atoms with Gasteiger partial charge in [0.25, 0.3) is 5.56 Å². The standard InChI is InChI=1S/C29H25N5O2S/c1-3-23-17-25-27(35)33(16-15-32-14-13-31-26(32)4-2)29(36)34(28(25)37-23)19-20-9-11-21(12-10-20)24-8-6-5-7-22(24)18-30/h4-14,17H,2-3,15-16,19H2,1H3. The summed E-state index contributed by atoms with van der Waals surface area (Å²) in [5.41, 5.74) is 2.75. The summed E-state index contributed by atoms with van der Waals surface area (Å²) in [5, 5.41) is 10.0. The summed E-state index contributed by atoms with van der Waals surface area (Å²) in [6.45, 7) is 6.81. The Morgan fingerprint density at radius 2 is 1.86 bits per heavy atom. The number of hydrogen-bond acceptors (Lipinski definition) is 5. The molecule has 3 heterocycles. The molecule has 0 aliphatic rings. The number of thiophene rings is 1. The van der Waals surface area contributed by atoms with E-state index in [-0.39, 0.29) is 17.8 Å². The molecule has 0 bridgehead atoms. The summed E-state index contributed by atoms with van der Waals surface area (Å²) in [7, 11) is 0. The summed E-state index contributed by atoms with van der Waals surface area (Å²) in [5.74, 6) is 0.691. The highest BCUT2D eigenvalue weighted by Gasteiger charge is 2.17. The van der Waals surface area contributed by atoms with E-state index < -0.39 is 0 Å². The molecule has 0 aliphatic heterocycles. The topological polar surface area (TPSA) is 85.6 Å². The third-order valence-electron chi connectivity index (χ3n) is 6.44. The first-order valence-electron chi connectivity index (χ1n) is 12.0. The van der Waals surface area contributed by atoms with Crippen LogP contribution in [0, 0.1) is 11.3 Å². The van der Waals surface area contributed by atoms with Gasteiger partial charge in [0.2, 0.25) is 0 Å². The number of fused-ring (bicyclic) bond motifs is 1. The normalized spacial score (nSPS) is 11.0. The van der Waals surface area contributed by atoms with Crippen LogP contribution in [0.4, 0.5) is 0 Å². The molecule has 2 aromatic carbocycles. The van der Waals surface area contributed by atoms with Crippen LogP contribution in [0.1, 0.15) is 28.8 Å². The minimum absolute atomic E-state index is 0.228. The van der Waals surface area contributed by atoms with E-state index in [9.17, 15) is 14.9 Å². The van der Waals surface area contributed by atoms with Gasteiger partial charge in [0, 0.05) is 30.4 Å². The monoisotopic (exact) mass is 507 g/mol. The van der Waals surface area contributed by atoms with Gasteiger partial charge in [-0.2, -0.15) is 5.26 Å². The number of imidazole rings is 1. The maximum Gasteiger partial charge on any atom is 0.332 e. The summed E-state index contributed by atoms with van der Waals surface area (Å²) in [6, 6.07) is 19.5. The molecule has 0 amide bonds. The van der Waals surface area contributed by atoms with Crippen molar-refractivity contribution in [2.24, 2.45) is 0 Å². The van der Waals surface area contributed by atoms with Gasteiger partial charge in [0.05, 0.1) is 23.6 Å². The molecule has 0 atom stereocenters. The molecule has 0 spiro atoms. The Morgan fingerprint density at radius 1 is 1.08 bits per heavy atom. The van der Waals surface area contributed by atoms with Crippen LogP contribution < -0.4 is 11.2 Å². The smallest absolute Gasteiger partial charge is 0.330 e. The number of nitriles is 1. The van der Waals surface area contributed by atoms with Crippen LogP contribution in [-0.4, -0.2) is 18.7 Å². The third kappa shape index (κ3) is 4.57. The van der Waals surface area contributed by atoms with Gasteiger partial charge >= 0.3 is 5.69 Å².